The van der Waals surface area contributed by atoms with Gasteiger partial charge in [-0.2, -0.15) is 0 Å². The van der Waals surface area contributed by atoms with Crippen LogP contribution in [0, 0.1) is 11.8 Å². The maximum absolute atomic E-state index is 13.5. The molecule has 2 heterocycles. The third kappa shape index (κ3) is 8.39. The van der Waals surface area contributed by atoms with E-state index in [9.17, 15) is 14.4 Å². The lowest BCUT2D eigenvalue weighted by molar-refractivity contribution is 0.0962. The second-order valence-corrected chi connectivity index (χ2v) is 14.9. The molecule has 0 unspecified atom stereocenters. The summed E-state index contributed by atoms with van der Waals surface area (Å²) < 4.78 is 0. The number of Topliss-reactive ketones (excluding diaryl/α,β-unsaturated/α-hetero) is 2. The van der Waals surface area contributed by atoms with Gasteiger partial charge in [-0.05, 0) is 137 Å². The molecule has 0 aromatic heterocycles. The highest BCUT2D eigenvalue weighted by Gasteiger charge is 2.29. The molecule has 4 aromatic rings. The summed E-state index contributed by atoms with van der Waals surface area (Å²) in [6, 6.07) is 32.6. The van der Waals surface area contributed by atoms with Gasteiger partial charge in [0.1, 0.15) is 0 Å². The number of hydrogen-bond donors (Lipinski definition) is 0. The van der Waals surface area contributed by atoms with Gasteiger partial charge in [0.25, 0.3) is 0 Å². The van der Waals surface area contributed by atoms with Crippen molar-refractivity contribution in [1.82, 2.24) is 9.80 Å². The summed E-state index contributed by atoms with van der Waals surface area (Å²) in [7, 11) is 0. The Hall–Kier alpha value is -4.19. The van der Waals surface area contributed by atoms with E-state index in [4.69, 9.17) is 0 Å². The lowest BCUT2D eigenvalue weighted by Crippen LogP contribution is -2.35. The van der Waals surface area contributed by atoms with Crippen molar-refractivity contribution in [1.29, 1.82) is 0 Å². The molecule has 2 saturated heterocycles. The summed E-state index contributed by atoms with van der Waals surface area (Å²) in [6.45, 7) is 6.24. The number of piperidine rings is 2. The largest absolute Gasteiger partial charge is 0.303 e. The Morgan fingerprint density at radius 3 is 1.32 bits per heavy atom. The van der Waals surface area contributed by atoms with Gasteiger partial charge in [-0.25, -0.2) is 0 Å². The molecule has 0 atom stereocenters. The van der Waals surface area contributed by atoms with E-state index in [2.05, 4.69) is 70.5 Å². The van der Waals surface area contributed by atoms with Crippen molar-refractivity contribution in [2.45, 2.75) is 64.2 Å². The molecule has 0 spiro atoms. The second kappa shape index (κ2) is 16.2. The average Bonchev–Trinajstić information content (AvgIpc) is 3.44. The van der Waals surface area contributed by atoms with Crippen molar-refractivity contribution in [3.63, 3.8) is 0 Å². The maximum atomic E-state index is 13.5. The van der Waals surface area contributed by atoms with Crippen LogP contribution in [0.1, 0.15) is 99.1 Å². The number of nitrogens with zero attached hydrogens (tertiary/aromatic N) is 2. The molecule has 0 amide bonds. The van der Waals surface area contributed by atoms with E-state index < -0.39 is 0 Å². The number of rotatable bonds is 14. The maximum Gasteiger partial charge on any atom is 0.194 e. The van der Waals surface area contributed by atoms with Gasteiger partial charge in [0.15, 0.2) is 17.3 Å². The summed E-state index contributed by atoms with van der Waals surface area (Å²) >= 11 is 0. The number of carbonyl (C=O) groups is 3. The smallest absolute Gasteiger partial charge is 0.194 e. The quantitative estimate of drug-likeness (QED) is 0.111. The summed E-state index contributed by atoms with van der Waals surface area (Å²) in [5, 5.41) is 0. The minimum atomic E-state index is -0.0870. The fourth-order valence-corrected chi connectivity index (χ4v) is 8.36. The lowest BCUT2D eigenvalue weighted by Gasteiger charge is -2.32. The average molecular weight is 667 g/mol. The van der Waals surface area contributed by atoms with Gasteiger partial charge >= 0.3 is 0 Å². The molecule has 2 fully saturated rings. The van der Waals surface area contributed by atoms with Crippen molar-refractivity contribution in [2.75, 3.05) is 39.3 Å². The molecule has 4 aromatic carbocycles. The monoisotopic (exact) mass is 666 g/mol. The van der Waals surface area contributed by atoms with Crippen LogP contribution in [0.25, 0.3) is 11.1 Å². The van der Waals surface area contributed by atoms with Gasteiger partial charge in [0.2, 0.25) is 0 Å². The Bertz CT molecular complexity index is 1650. The molecular weight excluding hydrogens is 617 g/mol. The van der Waals surface area contributed by atoms with Crippen LogP contribution in [0.2, 0.25) is 0 Å². The molecule has 258 valence electrons. The van der Waals surface area contributed by atoms with E-state index in [1.807, 2.05) is 24.3 Å². The first-order chi connectivity index (χ1) is 24.5. The summed E-state index contributed by atoms with van der Waals surface area (Å²) in [5.74, 6) is 1.57. The normalized spacial score (nSPS) is 17.1. The molecule has 50 heavy (non-hydrogen) atoms. The van der Waals surface area contributed by atoms with E-state index in [0.29, 0.717) is 35.1 Å². The summed E-state index contributed by atoms with van der Waals surface area (Å²) in [5.41, 5.74) is 6.92. The van der Waals surface area contributed by atoms with Crippen LogP contribution in [-0.4, -0.2) is 66.4 Å². The number of ketones is 3. The van der Waals surface area contributed by atoms with Gasteiger partial charge in [-0.1, -0.05) is 84.9 Å². The van der Waals surface area contributed by atoms with Gasteiger partial charge in [-0.15, -0.1) is 0 Å². The predicted molar refractivity (Wildman–Crippen MR) is 201 cm³/mol. The predicted octanol–water partition coefficient (Wildman–Crippen LogP) is 8.73. The fourth-order valence-electron chi connectivity index (χ4n) is 8.36. The molecule has 7 rings (SSSR count). The third-order valence-electron chi connectivity index (χ3n) is 11.4. The Morgan fingerprint density at radius 2 is 0.920 bits per heavy atom. The van der Waals surface area contributed by atoms with Crippen molar-refractivity contribution in [2.24, 2.45) is 11.8 Å². The molecule has 0 bridgehead atoms. The number of likely N-dealkylation sites (tertiary alicyclic amines) is 2. The van der Waals surface area contributed by atoms with E-state index in [1.54, 1.807) is 12.1 Å². The Kier molecular flexibility index (Phi) is 11.1. The highest BCUT2D eigenvalue weighted by atomic mass is 16.1. The zero-order valence-corrected chi connectivity index (χ0v) is 29.3. The topological polar surface area (TPSA) is 57.7 Å². The van der Waals surface area contributed by atoms with Crippen LogP contribution >= 0.6 is 0 Å². The van der Waals surface area contributed by atoms with Crippen LogP contribution in [0.5, 0.6) is 0 Å². The highest BCUT2D eigenvalue weighted by molar-refractivity contribution is 6.23. The minimum absolute atomic E-state index is 0.0870. The number of fused-ring (bicyclic) bond motifs is 3. The Balaban J connectivity index is 0.849. The molecule has 5 heteroatoms. The molecule has 3 aliphatic rings. The summed E-state index contributed by atoms with van der Waals surface area (Å²) in [6.07, 6.45) is 9.75. The first-order valence-electron chi connectivity index (χ1n) is 18.9. The fraction of sp³-hybridized carbons (Fsp3) is 0.400. The Morgan fingerprint density at radius 1 is 0.520 bits per heavy atom. The van der Waals surface area contributed by atoms with Crippen molar-refractivity contribution >= 4 is 17.3 Å². The van der Waals surface area contributed by atoms with Crippen LogP contribution in [0.15, 0.2) is 97.1 Å². The van der Waals surface area contributed by atoms with E-state index in [1.165, 1.54) is 36.8 Å². The second-order valence-electron chi connectivity index (χ2n) is 14.9. The van der Waals surface area contributed by atoms with Gasteiger partial charge in [-0.3, -0.25) is 14.4 Å². The molecule has 5 nitrogen and oxygen atoms in total. The lowest BCUT2D eigenvalue weighted by atomic mass is 9.90. The van der Waals surface area contributed by atoms with Crippen molar-refractivity contribution in [3.05, 3.63) is 130 Å². The molecular formula is C45H50N2O3. The Labute approximate surface area is 297 Å². The van der Waals surface area contributed by atoms with Crippen molar-refractivity contribution in [3.8, 4) is 11.1 Å². The zero-order chi connectivity index (χ0) is 34.3. The molecule has 0 N–H and O–H groups in total. The van der Waals surface area contributed by atoms with Crippen LogP contribution in [-0.2, 0) is 12.8 Å². The zero-order valence-electron chi connectivity index (χ0n) is 29.3. The number of benzene rings is 4. The summed E-state index contributed by atoms with van der Waals surface area (Å²) in [4.78, 5) is 44.9. The van der Waals surface area contributed by atoms with E-state index >= 15 is 0 Å². The van der Waals surface area contributed by atoms with Gasteiger partial charge in [0, 0.05) is 35.1 Å². The standard InChI is InChI=1S/C45H50N2O3/c48-43(13-7-23-46-25-19-35(20-26-46)29-33-9-3-1-4-10-33)37-15-17-39-40-18-16-38(32-42(40)45(50)41(39)31-37)44(49)14-8-24-47-27-21-36(22-28-47)30-34-11-5-2-6-12-34/h1-6,9-12,15-18,31-32,35-36H,7-8,13-14,19-30H2. The van der Waals surface area contributed by atoms with Crippen LogP contribution in [0.4, 0.5) is 0 Å². The first-order valence-corrected chi connectivity index (χ1v) is 18.9. The van der Waals surface area contributed by atoms with E-state index in [-0.39, 0.29) is 17.3 Å². The molecule has 2 aliphatic heterocycles. The van der Waals surface area contributed by atoms with Crippen molar-refractivity contribution < 1.29 is 14.4 Å². The van der Waals surface area contributed by atoms with Gasteiger partial charge < -0.3 is 9.80 Å². The van der Waals surface area contributed by atoms with Crippen LogP contribution in [0.3, 0.4) is 0 Å². The number of carbonyl (C=O) groups excluding carboxylic acids is 3. The van der Waals surface area contributed by atoms with Gasteiger partial charge in [0.05, 0.1) is 0 Å². The molecule has 0 radical (unpaired) electrons. The molecule has 0 saturated carbocycles. The highest BCUT2D eigenvalue weighted by Crippen LogP contribution is 2.38. The van der Waals surface area contributed by atoms with Crippen LogP contribution < -0.4 is 0 Å². The number of hydrogen-bond acceptors (Lipinski definition) is 5. The van der Waals surface area contributed by atoms with E-state index in [0.717, 1.165) is 87.9 Å². The molecule has 1 aliphatic carbocycles. The third-order valence-corrected chi connectivity index (χ3v) is 11.4. The minimum Gasteiger partial charge on any atom is -0.303 e. The SMILES string of the molecule is O=C(CCCN1CCC(Cc2ccccc2)CC1)c1ccc2c(c1)C(=O)c1cc(C(=O)CCCN3CCC(Cc4ccccc4)CC3)ccc1-2. The first kappa shape index (κ1) is 34.3.